The third-order valence-electron chi connectivity index (χ3n) is 6.33. The van der Waals surface area contributed by atoms with Crippen LogP contribution in [0, 0.1) is 11.6 Å². The van der Waals surface area contributed by atoms with Crippen molar-refractivity contribution in [3.63, 3.8) is 0 Å². The van der Waals surface area contributed by atoms with E-state index in [0.29, 0.717) is 36.4 Å². The quantitative estimate of drug-likeness (QED) is 0.425. The van der Waals surface area contributed by atoms with Crippen LogP contribution in [0.4, 0.5) is 20.3 Å². The maximum absolute atomic E-state index is 14.9. The number of carbonyl (C=O) groups excluding carboxylic acids is 1. The predicted octanol–water partition coefficient (Wildman–Crippen LogP) is 3.88. The number of halogens is 3. The number of rotatable bonds is 5. The van der Waals surface area contributed by atoms with Crippen LogP contribution in [0.5, 0.6) is 0 Å². The number of aromatic amines is 1. The average Bonchev–Trinajstić information content (AvgIpc) is 3.45. The van der Waals surface area contributed by atoms with E-state index in [1.54, 1.807) is 4.90 Å². The lowest BCUT2D eigenvalue weighted by Crippen LogP contribution is -2.39. The fourth-order valence-corrected chi connectivity index (χ4v) is 5.48. The molecule has 1 saturated heterocycles. The summed E-state index contributed by atoms with van der Waals surface area (Å²) in [7, 11) is -3.73. The lowest BCUT2D eigenvalue weighted by molar-refractivity contribution is -0.129. The molecule has 0 radical (unpaired) electrons. The van der Waals surface area contributed by atoms with Crippen LogP contribution in [0.3, 0.4) is 0 Å². The molecule has 188 valence electrons. The third kappa shape index (κ3) is 4.30. The number of H-pyrrole nitrogens is 1. The van der Waals surface area contributed by atoms with Gasteiger partial charge in [-0.2, -0.15) is 0 Å². The molecular weight excluding hydrogens is 514 g/mol. The smallest absolute Gasteiger partial charge is 0.247 e. The lowest BCUT2D eigenvalue weighted by Gasteiger charge is -2.33. The van der Waals surface area contributed by atoms with Crippen LogP contribution in [0.25, 0.3) is 16.8 Å². The van der Waals surface area contributed by atoms with Crippen molar-refractivity contribution in [3.8, 4) is 11.3 Å². The molecule has 0 aliphatic carbocycles. The number of nitrogens with zero attached hydrogens (tertiary/aromatic N) is 3. The molecule has 13 heteroatoms. The molecule has 0 spiro atoms. The molecule has 1 unspecified atom stereocenters. The zero-order chi connectivity index (χ0) is 25.8. The van der Waals surface area contributed by atoms with Crippen LogP contribution >= 0.6 is 11.6 Å². The van der Waals surface area contributed by atoms with Crippen molar-refractivity contribution < 1.29 is 22.0 Å². The normalized spacial score (nSPS) is 19.8. The Morgan fingerprint density at radius 2 is 1.97 bits per heavy atom. The van der Waals surface area contributed by atoms with Gasteiger partial charge >= 0.3 is 0 Å². The van der Waals surface area contributed by atoms with Crippen molar-refractivity contribution >= 4 is 44.6 Å². The Balaban J connectivity index is 1.43. The third-order valence-corrected chi connectivity index (χ3v) is 7.19. The van der Waals surface area contributed by atoms with Gasteiger partial charge in [0.2, 0.25) is 15.9 Å². The summed E-state index contributed by atoms with van der Waals surface area (Å²) < 4.78 is 54.7. The highest BCUT2D eigenvalue weighted by Gasteiger charge is 2.42. The highest BCUT2D eigenvalue weighted by molar-refractivity contribution is 7.92. The van der Waals surface area contributed by atoms with E-state index >= 15 is 0 Å². The van der Waals surface area contributed by atoms with Crippen LogP contribution < -0.4 is 10.5 Å². The Hall–Kier alpha value is -3.51. The van der Waals surface area contributed by atoms with Crippen molar-refractivity contribution in [3.05, 3.63) is 64.7 Å². The highest BCUT2D eigenvalue weighted by atomic mass is 35.5. The van der Waals surface area contributed by atoms with Crippen molar-refractivity contribution in [2.75, 3.05) is 16.7 Å². The van der Waals surface area contributed by atoms with Gasteiger partial charge in [-0.1, -0.05) is 11.6 Å². The number of pyridine rings is 1. The zero-order valence-corrected chi connectivity index (χ0v) is 20.5. The molecular formula is C23H21ClF2N6O3S. The maximum Gasteiger partial charge on any atom is 0.247 e. The summed E-state index contributed by atoms with van der Waals surface area (Å²) in [6.45, 7) is 0. The van der Waals surface area contributed by atoms with Gasteiger partial charge in [-0.3, -0.25) is 9.52 Å². The molecule has 2 aliphatic rings. The molecule has 4 N–H and O–H groups in total. The number of nitrogens with one attached hydrogen (secondary N) is 2. The maximum atomic E-state index is 14.9. The van der Waals surface area contributed by atoms with E-state index in [1.807, 2.05) is 4.72 Å². The first-order chi connectivity index (χ1) is 17.0. The minimum Gasteiger partial charge on any atom is -0.398 e. The molecule has 1 amide bonds. The van der Waals surface area contributed by atoms with Gasteiger partial charge in [-0.25, -0.2) is 27.2 Å². The van der Waals surface area contributed by atoms with Crippen LogP contribution in [0.15, 0.2) is 36.7 Å². The van der Waals surface area contributed by atoms with Crippen molar-refractivity contribution in [2.24, 2.45) is 0 Å². The summed E-state index contributed by atoms with van der Waals surface area (Å²) in [4.78, 5) is 26.0. The summed E-state index contributed by atoms with van der Waals surface area (Å²) in [5, 5.41) is -0.0689. The minimum absolute atomic E-state index is 0.0689. The van der Waals surface area contributed by atoms with E-state index in [0.717, 1.165) is 6.26 Å². The second kappa shape index (κ2) is 8.86. The van der Waals surface area contributed by atoms with E-state index in [4.69, 9.17) is 17.3 Å². The predicted molar refractivity (Wildman–Crippen MR) is 131 cm³/mol. The van der Waals surface area contributed by atoms with E-state index in [-0.39, 0.29) is 33.8 Å². The monoisotopic (exact) mass is 534 g/mol. The number of nitrogen functional groups attached to an aromatic ring is 1. The molecule has 3 aromatic rings. The first-order valence-corrected chi connectivity index (χ1v) is 13.2. The second-order valence-corrected chi connectivity index (χ2v) is 10.9. The number of aromatic nitrogens is 3. The second-order valence-electron chi connectivity index (χ2n) is 8.77. The molecule has 1 aromatic carbocycles. The Bertz CT molecular complexity index is 1520. The number of benzene rings is 1. The summed E-state index contributed by atoms with van der Waals surface area (Å²) in [6.07, 6.45) is 6.61. The van der Waals surface area contributed by atoms with Gasteiger partial charge in [-0.05, 0) is 43.0 Å². The summed E-state index contributed by atoms with van der Waals surface area (Å²) in [5.41, 5.74) is 7.20. The number of hydrogen-bond acceptors (Lipinski definition) is 6. The fraction of sp³-hybridized carbons (Fsp3) is 0.261. The Kier molecular flexibility index (Phi) is 5.95. The molecule has 0 saturated carbocycles. The van der Waals surface area contributed by atoms with Gasteiger partial charge < -0.3 is 15.6 Å². The molecule has 2 aliphatic heterocycles. The average molecular weight is 535 g/mol. The number of sulfonamides is 1. The summed E-state index contributed by atoms with van der Waals surface area (Å²) >= 11 is 5.93. The van der Waals surface area contributed by atoms with Crippen molar-refractivity contribution in [1.82, 2.24) is 19.9 Å². The molecule has 5 rings (SSSR count). The van der Waals surface area contributed by atoms with Crippen LogP contribution in [-0.4, -0.2) is 46.5 Å². The number of amides is 1. The SMILES string of the molecule is CS(=O)(=O)Nc1nccc(-c2cnc([C@@H]3CCC4CC(c5c(N)ccc(Cl)c5F)=CC(=O)N43)[nH]2)c1F. The fourth-order valence-electron chi connectivity index (χ4n) is 4.83. The van der Waals surface area contributed by atoms with Crippen molar-refractivity contribution in [2.45, 2.75) is 31.3 Å². The van der Waals surface area contributed by atoms with Gasteiger partial charge in [0.15, 0.2) is 17.5 Å². The number of nitrogens with two attached hydrogens (primary N) is 1. The van der Waals surface area contributed by atoms with E-state index in [9.17, 15) is 22.0 Å². The summed E-state index contributed by atoms with van der Waals surface area (Å²) in [5.74, 6) is -1.79. The Labute approximate surface area is 210 Å². The highest BCUT2D eigenvalue weighted by Crippen LogP contribution is 2.44. The zero-order valence-electron chi connectivity index (χ0n) is 18.9. The van der Waals surface area contributed by atoms with Crippen LogP contribution in [-0.2, 0) is 14.8 Å². The van der Waals surface area contributed by atoms with Gasteiger partial charge in [-0.15, -0.1) is 0 Å². The minimum atomic E-state index is -3.73. The Morgan fingerprint density at radius 1 is 1.19 bits per heavy atom. The molecule has 4 heterocycles. The van der Waals surface area contributed by atoms with Gasteiger partial charge in [0, 0.05) is 35.1 Å². The van der Waals surface area contributed by atoms with Crippen LogP contribution in [0.1, 0.15) is 36.7 Å². The van der Waals surface area contributed by atoms with E-state index in [2.05, 4.69) is 15.0 Å². The van der Waals surface area contributed by atoms with Gasteiger partial charge in [0.05, 0.1) is 29.2 Å². The van der Waals surface area contributed by atoms with Crippen molar-refractivity contribution in [1.29, 1.82) is 0 Å². The van der Waals surface area contributed by atoms with E-state index in [1.165, 1.54) is 36.7 Å². The van der Waals surface area contributed by atoms with Gasteiger partial charge in [0.25, 0.3) is 0 Å². The summed E-state index contributed by atoms with van der Waals surface area (Å²) in [6, 6.07) is 3.68. The standard InChI is InChI=1S/C23H21ClF2N6O3S/c1-36(34,35)31-23-20(25)13(6-7-28-23)16-10-29-22(30-16)17-5-2-12-8-11(9-18(33)32(12)17)19-15(27)4-3-14(24)21(19)26/h3-4,6-7,9-10,12,17H,2,5,8,27H2,1H3,(H,28,31)(H,29,30)/t12?,17-/m0/s1. The molecule has 2 atom stereocenters. The topological polar surface area (TPSA) is 134 Å². The molecule has 0 bridgehead atoms. The molecule has 2 aromatic heterocycles. The van der Waals surface area contributed by atoms with Crippen LogP contribution in [0.2, 0.25) is 5.02 Å². The first kappa shape index (κ1) is 24.2. The Morgan fingerprint density at radius 3 is 2.72 bits per heavy atom. The number of carbonyl (C=O) groups is 1. The first-order valence-electron chi connectivity index (χ1n) is 11.0. The molecule has 36 heavy (non-hydrogen) atoms. The number of anilines is 2. The lowest BCUT2D eigenvalue weighted by atomic mass is 9.92. The van der Waals surface area contributed by atoms with Gasteiger partial charge in [0.1, 0.15) is 5.82 Å². The van der Waals surface area contributed by atoms with E-state index < -0.39 is 33.5 Å². The number of fused-ring (bicyclic) bond motifs is 1. The number of hydrogen-bond donors (Lipinski definition) is 3. The largest absolute Gasteiger partial charge is 0.398 e. The molecule has 1 fully saturated rings. The number of imidazole rings is 1. The molecule has 9 nitrogen and oxygen atoms in total.